The Labute approximate surface area is 101 Å². The van der Waals surface area contributed by atoms with E-state index in [1.54, 1.807) is 6.20 Å². The van der Waals surface area contributed by atoms with Crippen molar-refractivity contribution in [3.63, 3.8) is 0 Å². The van der Waals surface area contributed by atoms with E-state index in [0.29, 0.717) is 0 Å². The fraction of sp³-hybridized carbons (Fsp3) is 0.583. The standard InChI is InChI=1S/C12H17ClN2O/c1-2-14-8-12(4-5-12)11-7-10(16-9-13)3-6-15-11/h3,6-7,14H,2,4-5,8-9H2,1H3. The van der Waals surface area contributed by atoms with Crippen molar-refractivity contribution in [2.75, 3.05) is 19.2 Å². The Morgan fingerprint density at radius 1 is 1.56 bits per heavy atom. The van der Waals surface area contributed by atoms with Crippen LogP contribution in [0.1, 0.15) is 25.5 Å². The van der Waals surface area contributed by atoms with E-state index in [-0.39, 0.29) is 11.5 Å². The quantitative estimate of drug-likeness (QED) is 0.775. The summed E-state index contributed by atoms with van der Waals surface area (Å²) < 4.78 is 5.28. The Hall–Kier alpha value is -0.800. The number of likely N-dealkylation sites (N-methyl/N-ethyl adjacent to an activating group) is 1. The van der Waals surface area contributed by atoms with Gasteiger partial charge < -0.3 is 10.1 Å². The number of pyridine rings is 1. The van der Waals surface area contributed by atoms with Crippen LogP contribution >= 0.6 is 11.6 Å². The molecule has 3 nitrogen and oxygen atoms in total. The summed E-state index contributed by atoms with van der Waals surface area (Å²) >= 11 is 5.55. The Morgan fingerprint density at radius 2 is 2.38 bits per heavy atom. The molecule has 1 N–H and O–H groups in total. The van der Waals surface area contributed by atoms with Crippen LogP contribution in [0.25, 0.3) is 0 Å². The van der Waals surface area contributed by atoms with Crippen LogP contribution in [0.4, 0.5) is 0 Å². The first-order chi connectivity index (χ1) is 7.80. The Bertz CT molecular complexity index is 353. The van der Waals surface area contributed by atoms with Crippen molar-refractivity contribution in [1.82, 2.24) is 10.3 Å². The maximum atomic E-state index is 5.55. The maximum Gasteiger partial charge on any atom is 0.162 e. The van der Waals surface area contributed by atoms with E-state index >= 15 is 0 Å². The number of hydrogen-bond donors (Lipinski definition) is 1. The zero-order chi connectivity index (χ0) is 11.4. The van der Waals surface area contributed by atoms with E-state index in [1.165, 1.54) is 12.8 Å². The minimum Gasteiger partial charge on any atom is -0.478 e. The molecule has 0 saturated heterocycles. The molecule has 0 radical (unpaired) electrons. The topological polar surface area (TPSA) is 34.1 Å². The number of hydrogen-bond acceptors (Lipinski definition) is 3. The van der Waals surface area contributed by atoms with Gasteiger partial charge >= 0.3 is 0 Å². The van der Waals surface area contributed by atoms with Crippen molar-refractivity contribution in [3.8, 4) is 5.75 Å². The average Bonchev–Trinajstić information content (AvgIpc) is 3.08. The van der Waals surface area contributed by atoms with Gasteiger partial charge in [0, 0.05) is 24.2 Å². The lowest BCUT2D eigenvalue weighted by Gasteiger charge is -2.15. The molecule has 1 aliphatic rings. The summed E-state index contributed by atoms with van der Waals surface area (Å²) in [7, 11) is 0. The molecule has 1 heterocycles. The SMILES string of the molecule is CCNCC1(c2cc(OCCl)ccn2)CC1. The van der Waals surface area contributed by atoms with Crippen LogP contribution in [0, 0.1) is 0 Å². The van der Waals surface area contributed by atoms with Crippen molar-refractivity contribution in [2.24, 2.45) is 0 Å². The normalized spacial score (nSPS) is 17.1. The molecule has 2 rings (SSSR count). The summed E-state index contributed by atoms with van der Waals surface area (Å²) in [5.41, 5.74) is 1.36. The molecule has 4 heteroatoms. The smallest absolute Gasteiger partial charge is 0.162 e. The van der Waals surface area contributed by atoms with Gasteiger partial charge in [-0.1, -0.05) is 18.5 Å². The van der Waals surface area contributed by atoms with E-state index in [0.717, 1.165) is 24.5 Å². The minimum absolute atomic E-state index is 0.184. The predicted molar refractivity (Wildman–Crippen MR) is 65.0 cm³/mol. The van der Waals surface area contributed by atoms with E-state index in [2.05, 4.69) is 17.2 Å². The number of aromatic nitrogens is 1. The van der Waals surface area contributed by atoms with Gasteiger partial charge in [0.1, 0.15) is 5.75 Å². The third-order valence-electron chi connectivity index (χ3n) is 3.06. The highest BCUT2D eigenvalue weighted by Crippen LogP contribution is 2.47. The van der Waals surface area contributed by atoms with E-state index in [9.17, 15) is 0 Å². The fourth-order valence-corrected chi connectivity index (χ4v) is 2.02. The molecule has 0 unspecified atom stereocenters. The Kier molecular flexibility index (Phi) is 3.66. The molecule has 1 aromatic heterocycles. The monoisotopic (exact) mass is 240 g/mol. The molecule has 0 spiro atoms. The molecule has 88 valence electrons. The second-order valence-electron chi connectivity index (χ2n) is 4.19. The molecule has 1 fully saturated rings. The van der Waals surface area contributed by atoms with Crippen molar-refractivity contribution in [1.29, 1.82) is 0 Å². The van der Waals surface area contributed by atoms with E-state index in [1.807, 2.05) is 12.1 Å². The van der Waals surface area contributed by atoms with Gasteiger partial charge in [-0.25, -0.2) is 0 Å². The van der Waals surface area contributed by atoms with Gasteiger partial charge in [-0.2, -0.15) is 0 Å². The molecule has 0 aliphatic heterocycles. The third-order valence-corrected chi connectivity index (χ3v) is 3.17. The first-order valence-electron chi connectivity index (χ1n) is 5.67. The number of nitrogens with one attached hydrogen (secondary N) is 1. The Morgan fingerprint density at radius 3 is 3.00 bits per heavy atom. The molecule has 1 aliphatic carbocycles. The molecule has 16 heavy (non-hydrogen) atoms. The van der Waals surface area contributed by atoms with Gasteiger partial charge in [0.05, 0.1) is 5.69 Å². The molecule has 0 bridgehead atoms. The second-order valence-corrected chi connectivity index (χ2v) is 4.41. The van der Waals surface area contributed by atoms with Crippen LogP contribution in [0.2, 0.25) is 0 Å². The number of alkyl halides is 1. The van der Waals surface area contributed by atoms with Gasteiger partial charge in [0.15, 0.2) is 6.07 Å². The third kappa shape index (κ3) is 2.47. The van der Waals surface area contributed by atoms with Gasteiger partial charge in [-0.05, 0) is 25.5 Å². The lowest BCUT2D eigenvalue weighted by Crippen LogP contribution is -2.27. The number of halogens is 1. The molecule has 1 aromatic rings. The van der Waals surface area contributed by atoms with Gasteiger partial charge in [0.25, 0.3) is 0 Å². The van der Waals surface area contributed by atoms with E-state index < -0.39 is 0 Å². The van der Waals surface area contributed by atoms with Crippen molar-refractivity contribution >= 4 is 11.6 Å². The van der Waals surface area contributed by atoms with Gasteiger partial charge in [0.2, 0.25) is 0 Å². The highest BCUT2D eigenvalue weighted by Gasteiger charge is 2.45. The first-order valence-corrected chi connectivity index (χ1v) is 6.20. The summed E-state index contributed by atoms with van der Waals surface area (Å²) in [6, 6.07) is 4.03. The van der Waals surface area contributed by atoms with Crippen LogP contribution in [0.5, 0.6) is 5.75 Å². The summed E-state index contributed by atoms with van der Waals surface area (Å²) in [5, 5.41) is 3.39. The molecule has 0 amide bonds. The number of nitrogens with zero attached hydrogens (tertiary/aromatic N) is 1. The van der Waals surface area contributed by atoms with Crippen LogP contribution < -0.4 is 10.1 Å². The van der Waals surface area contributed by atoms with E-state index in [4.69, 9.17) is 16.3 Å². The summed E-state index contributed by atoms with van der Waals surface area (Å²) in [5.74, 6) is 0.808. The zero-order valence-electron chi connectivity index (χ0n) is 9.50. The molecule has 0 atom stereocenters. The van der Waals surface area contributed by atoms with Crippen molar-refractivity contribution in [3.05, 3.63) is 24.0 Å². The Balaban J connectivity index is 2.10. The minimum atomic E-state index is 0.184. The maximum absolute atomic E-state index is 5.55. The van der Waals surface area contributed by atoms with Crippen molar-refractivity contribution in [2.45, 2.75) is 25.2 Å². The van der Waals surface area contributed by atoms with Crippen LogP contribution in [0.3, 0.4) is 0 Å². The lowest BCUT2D eigenvalue weighted by molar-refractivity contribution is 0.386. The molecule has 1 saturated carbocycles. The van der Waals surface area contributed by atoms with Gasteiger partial charge in [-0.3, -0.25) is 4.98 Å². The predicted octanol–water partition coefficient (Wildman–Crippen LogP) is 2.30. The molecule has 0 aromatic carbocycles. The highest BCUT2D eigenvalue weighted by atomic mass is 35.5. The van der Waals surface area contributed by atoms with Crippen LogP contribution in [-0.2, 0) is 5.41 Å². The molecular formula is C12H17ClN2O. The fourth-order valence-electron chi connectivity index (χ4n) is 1.89. The van der Waals surface area contributed by atoms with Crippen molar-refractivity contribution < 1.29 is 4.74 Å². The first kappa shape index (κ1) is 11.7. The average molecular weight is 241 g/mol. The molecular weight excluding hydrogens is 224 g/mol. The highest BCUT2D eigenvalue weighted by molar-refractivity contribution is 6.17. The van der Waals surface area contributed by atoms with Crippen LogP contribution in [-0.4, -0.2) is 24.1 Å². The van der Waals surface area contributed by atoms with Gasteiger partial charge in [-0.15, -0.1) is 0 Å². The summed E-state index contributed by atoms with van der Waals surface area (Å²) in [4.78, 5) is 4.45. The second kappa shape index (κ2) is 5.02. The lowest BCUT2D eigenvalue weighted by atomic mass is 10.0. The number of rotatable bonds is 6. The number of ether oxygens (including phenoxy) is 1. The van der Waals surface area contributed by atoms with Crippen LogP contribution in [0.15, 0.2) is 18.3 Å². The zero-order valence-corrected chi connectivity index (χ0v) is 10.3. The summed E-state index contributed by atoms with van der Waals surface area (Å²) in [6.45, 7) is 4.12. The largest absolute Gasteiger partial charge is 0.478 e. The summed E-state index contributed by atoms with van der Waals surface area (Å²) in [6.07, 6.45) is 4.21.